The first-order valence-corrected chi connectivity index (χ1v) is 13.7. The zero-order valence-electron chi connectivity index (χ0n) is 19.7. The molecule has 2 heterocycles. The van der Waals surface area contributed by atoms with Crippen molar-refractivity contribution < 1.29 is 22.7 Å². The van der Waals surface area contributed by atoms with E-state index in [1.165, 1.54) is 29.5 Å². The van der Waals surface area contributed by atoms with Gasteiger partial charge in [-0.1, -0.05) is 40.6 Å². The molecule has 1 aliphatic rings. The highest BCUT2D eigenvalue weighted by atomic mass is 35.5. The van der Waals surface area contributed by atoms with Gasteiger partial charge in [0, 0.05) is 10.6 Å². The second-order valence-corrected chi connectivity index (χ2v) is 11.5. The molecule has 37 heavy (non-hydrogen) atoms. The van der Waals surface area contributed by atoms with Crippen molar-refractivity contribution in [3.8, 4) is 22.1 Å². The van der Waals surface area contributed by atoms with Gasteiger partial charge in [0.05, 0.1) is 24.2 Å². The number of halogens is 1. The Balaban J connectivity index is 1.40. The molecule has 0 saturated carbocycles. The highest BCUT2D eigenvalue weighted by Gasteiger charge is 2.38. The topological polar surface area (TPSA) is 111 Å². The molecular weight excluding hydrogens is 536 g/mol. The van der Waals surface area contributed by atoms with Gasteiger partial charge in [-0.25, -0.2) is 8.42 Å². The number of ether oxygens (including phenoxy) is 2. The average molecular weight is 557 g/mol. The molecule has 0 aliphatic carbocycles. The number of aryl methyl sites for hydroxylation is 1. The molecule has 0 radical (unpaired) electrons. The zero-order chi connectivity index (χ0) is 26.2. The largest absolute Gasteiger partial charge is 0.497 e. The van der Waals surface area contributed by atoms with Crippen molar-refractivity contribution in [1.29, 1.82) is 0 Å². The molecule has 3 aromatic carbocycles. The number of fused-ring (bicyclic) bond motifs is 1. The summed E-state index contributed by atoms with van der Waals surface area (Å²) in [5, 5.41) is 12.1. The van der Waals surface area contributed by atoms with Crippen molar-refractivity contribution >= 4 is 49.7 Å². The number of carbonyl (C=O) groups is 1. The van der Waals surface area contributed by atoms with Crippen LogP contribution in [0.1, 0.15) is 5.56 Å². The van der Waals surface area contributed by atoms with Gasteiger partial charge in [-0.05, 0) is 61.5 Å². The third kappa shape index (κ3) is 5.10. The van der Waals surface area contributed by atoms with E-state index in [0.29, 0.717) is 15.8 Å². The molecule has 0 bridgehead atoms. The van der Waals surface area contributed by atoms with Gasteiger partial charge in [0.25, 0.3) is 15.9 Å². The maximum Gasteiger partial charge on any atom is 0.269 e. The number of methoxy groups -OCH3 is 1. The molecule has 9 nitrogen and oxygen atoms in total. The van der Waals surface area contributed by atoms with E-state index in [1.54, 1.807) is 43.5 Å². The van der Waals surface area contributed by atoms with E-state index in [-0.39, 0.29) is 28.0 Å². The normalized spacial score (nSPS) is 15.0. The molecule has 1 aliphatic heterocycles. The van der Waals surface area contributed by atoms with Crippen LogP contribution in [0.25, 0.3) is 10.6 Å². The Labute approximate surface area is 222 Å². The number of aromatic nitrogens is 2. The Morgan fingerprint density at radius 2 is 1.84 bits per heavy atom. The molecule has 1 aromatic heterocycles. The van der Waals surface area contributed by atoms with E-state index in [2.05, 4.69) is 15.5 Å². The van der Waals surface area contributed by atoms with Crippen molar-refractivity contribution in [3.63, 3.8) is 0 Å². The molecule has 1 N–H and O–H groups in total. The summed E-state index contributed by atoms with van der Waals surface area (Å²) in [4.78, 5) is 13.3. The number of rotatable bonds is 6. The monoisotopic (exact) mass is 556 g/mol. The van der Waals surface area contributed by atoms with Crippen molar-refractivity contribution in [2.75, 3.05) is 23.3 Å². The van der Waals surface area contributed by atoms with E-state index >= 15 is 0 Å². The first-order chi connectivity index (χ1) is 17.7. The van der Waals surface area contributed by atoms with Crippen molar-refractivity contribution in [2.45, 2.75) is 17.9 Å². The SMILES string of the molecule is COc1ccc(-c2nnc(NC(=O)C3CN(S(=O)(=O)c4ccc(C)cc4)c4cc(Cl)ccc4O3)s2)cc1. The molecule has 4 aromatic rings. The molecule has 0 spiro atoms. The lowest BCUT2D eigenvalue weighted by Crippen LogP contribution is -2.48. The fourth-order valence-electron chi connectivity index (χ4n) is 3.74. The Morgan fingerprint density at radius 3 is 2.54 bits per heavy atom. The summed E-state index contributed by atoms with van der Waals surface area (Å²) in [5.41, 5.74) is 2.00. The number of carbonyl (C=O) groups excluding carboxylic acids is 1. The highest BCUT2D eigenvalue weighted by Crippen LogP contribution is 2.39. The Bertz CT molecular complexity index is 1560. The molecule has 1 amide bonds. The summed E-state index contributed by atoms with van der Waals surface area (Å²) in [5.74, 6) is 0.382. The minimum absolute atomic E-state index is 0.0957. The predicted molar refractivity (Wildman–Crippen MR) is 142 cm³/mol. The summed E-state index contributed by atoms with van der Waals surface area (Å²) in [6.07, 6.45) is -1.14. The molecule has 0 fully saturated rings. The van der Waals surface area contributed by atoms with Crippen LogP contribution in [0.2, 0.25) is 5.02 Å². The molecule has 190 valence electrons. The minimum atomic E-state index is -4.01. The third-order valence-electron chi connectivity index (χ3n) is 5.68. The minimum Gasteiger partial charge on any atom is -0.497 e. The summed E-state index contributed by atoms with van der Waals surface area (Å²) in [6, 6.07) is 18.4. The number of hydrogen-bond acceptors (Lipinski definition) is 8. The van der Waals surface area contributed by atoms with Gasteiger partial charge in [0.1, 0.15) is 16.5 Å². The lowest BCUT2D eigenvalue weighted by atomic mass is 10.2. The number of sulfonamides is 1. The van der Waals surface area contributed by atoms with Crippen LogP contribution in [0, 0.1) is 6.92 Å². The number of benzene rings is 3. The van der Waals surface area contributed by atoms with Crippen LogP contribution >= 0.6 is 22.9 Å². The van der Waals surface area contributed by atoms with E-state index < -0.39 is 22.0 Å². The van der Waals surface area contributed by atoms with Crippen LogP contribution in [0.5, 0.6) is 11.5 Å². The number of nitrogens with one attached hydrogen (secondary N) is 1. The van der Waals surface area contributed by atoms with Gasteiger partial charge >= 0.3 is 0 Å². The van der Waals surface area contributed by atoms with Crippen LogP contribution in [-0.4, -0.2) is 44.3 Å². The Kier molecular flexibility index (Phi) is 6.76. The van der Waals surface area contributed by atoms with Gasteiger partial charge in [-0.15, -0.1) is 10.2 Å². The summed E-state index contributed by atoms with van der Waals surface area (Å²) in [7, 11) is -2.42. The zero-order valence-corrected chi connectivity index (χ0v) is 22.1. The quantitative estimate of drug-likeness (QED) is 0.364. The van der Waals surface area contributed by atoms with E-state index in [1.807, 2.05) is 19.1 Å². The van der Waals surface area contributed by atoms with Gasteiger partial charge in [0.2, 0.25) is 5.13 Å². The Morgan fingerprint density at radius 1 is 1.11 bits per heavy atom. The first-order valence-electron chi connectivity index (χ1n) is 11.1. The van der Waals surface area contributed by atoms with Gasteiger partial charge in [-0.2, -0.15) is 0 Å². The summed E-state index contributed by atoms with van der Waals surface area (Å²) in [6.45, 7) is 1.62. The molecule has 1 atom stereocenters. The molecule has 0 saturated heterocycles. The number of nitrogens with zero attached hydrogens (tertiary/aromatic N) is 3. The average Bonchev–Trinajstić information content (AvgIpc) is 3.36. The van der Waals surface area contributed by atoms with Crippen LogP contribution in [0.15, 0.2) is 71.6 Å². The van der Waals surface area contributed by atoms with Gasteiger partial charge in [0.15, 0.2) is 6.10 Å². The maximum absolute atomic E-state index is 13.6. The molecule has 1 unspecified atom stereocenters. The van der Waals surface area contributed by atoms with Crippen LogP contribution in [0.4, 0.5) is 10.8 Å². The lowest BCUT2D eigenvalue weighted by molar-refractivity contribution is -0.122. The van der Waals surface area contributed by atoms with Gasteiger partial charge in [-0.3, -0.25) is 14.4 Å². The fraction of sp³-hybridized carbons (Fsp3) is 0.160. The summed E-state index contributed by atoms with van der Waals surface area (Å²) >= 11 is 7.34. The molecule has 5 rings (SSSR count). The standard InChI is InChI=1S/C25H21ClN4O5S2/c1-15-3-10-19(11-4-15)37(32,33)30-14-22(35-21-12-7-17(26)13-20(21)30)23(31)27-25-29-28-24(36-25)16-5-8-18(34-2)9-6-16/h3-13,22H,14H2,1-2H3,(H,27,29,31). The Hall–Kier alpha value is -3.67. The van der Waals surface area contributed by atoms with Crippen LogP contribution < -0.4 is 19.1 Å². The fourth-order valence-corrected chi connectivity index (χ4v) is 6.12. The second kappa shape index (κ2) is 10.0. The maximum atomic E-state index is 13.6. The van der Waals surface area contributed by atoms with E-state index in [4.69, 9.17) is 21.1 Å². The van der Waals surface area contributed by atoms with Crippen LogP contribution in [0.3, 0.4) is 0 Å². The molecular formula is C25H21ClN4O5S2. The van der Waals surface area contributed by atoms with Gasteiger partial charge < -0.3 is 9.47 Å². The molecule has 12 heteroatoms. The second-order valence-electron chi connectivity index (χ2n) is 8.20. The smallest absolute Gasteiger partial charge is 0.269 e. The number of hydrogen-bond donors (Lipinski definition) is 1. The number of amides is 1. The van der Waals surface area contributed by atoms with Crippen molar-refractivity contribution in [3.05, 3.63) is 77.3 Å². The van der Waals surface area contributed by atoms with Crippen molar-refractivity contribution in [1.82, 2.24) is 10.2 Å². The van der Waals surface area contributed by atoms with Crippen LogP contribution in [-0.2, 0) is 14.8 Å². The number of anilines is 2. The predicted octanol–water partition coefficient (Wildman–Crippen LogP) is 4.77. The van der Waals surface area contributed by atoms with Crippen molar-refractivity contribution in [2.24, 2.45) is 0 Å². The highest BCUT2D eigenvalue weighted by molar-refractivity contribution is 7.92. The van der Waals surface area contributed by atoms with E-state index in [0.717, 1.165) is 15.4 Å². The first kappa shape index (κ1) is 25.0. The van der Waals surface area contributed by atoms with E-state index in [9.17, 15) is 13.2 Å². The summed E-state index contributed by atoms with van der Waals surface area (Å²) < 4.78 is 39.3. The third-order valence-corrected chi connectivity index (χ3v) is 8.60. The lowest BCUT2D eigenvalue weighted by Gasteiger charge is -2.34.